The van der Waals surface area contributed by atoms with Gasteiger partial charge in [0, 0.05) is 12.1 Å². The van der Waals surface area contributed by atoms with Gasteiger partial charge < -0.3 is 11.1 Å². The minimum atomic E-state index is -1.22. The molecule has 2 aliphatic rings. The van der Waals surface area contributed by atoms with Crippen LogP contribution in [-0.4, -0.2) is 22.7 Å². The molecule has 0 aromatic heterocycles. The number of nitrogens with two attached hydrogens (primary N) is 1. The van der Waals surface area contributed by atoms with Crippen LogP contribution in [0.4, 0.5) is 5.69 Å². The highest BCUT2D eigenvalue weighted by atomic mass is 16.2. The van der Waals surface area contributed by atoms with Gasteiger partial charge in [0.2, 0.25) is 5.91 Å². The number of aliphatic imine (C=N–C) groups is 1. The van der Waals surface area contributed by atoms with Crippen LogP contribution in [-0.2, 0) is 21.7 Å². The van der Waals surface area contributed by atoms with E-state index in [2.05, 4.69) is 5.32 Å². The Kier molecular flexibility index (Phi) is 8.16. The molecule has 0 spiro atoms. The van der Waals surface area contributed by atoms with Crippen molar-refractivity contribution in [1.82, 2.24) is 4.90 Å². The second kappa shape index (κ2) is 11.7. The first-order valence-electron chi connectivity index (χ1n) is 12.7. The number of nitrogens with one attached hydrogen (secondary N) is 1. The number of guanidine groups is 1. The van der Waals surface area contributed by atoms with Gasteiger partial charge in [-0.2, -0.15) is 0 Å². The van der Waals surface area contributed by atoms with Crippen molar-refractivity contribution >= 4 is 23.5 Å². The van der Waals surface area contributed by atoms with Crippen molar-refractivity contribution in [3.05, 3.63) is 102 Å². The Hall–Kier alpha value is -3.93. The van der Waals surface area contributed by atoms with Crippen molar-refractivity contribution < 1.29 is 9.59 Å². The van der Waals surface area contributed by atoms with E-state index in [1.807, 2.05) is 84.9 Å². The molecule has 6 nitrogen and oxygen atoms in total. The maximum atomic E-state index is 13.8. The molecule has 6 heteroatoms. The zero-order valence-corrected chi connectivity index (χ0v) is 20.8. The molecule has 3 N–H and O–H groups in total. The molecular formula is C30H34N4O2. The molecule has 3 aromatic rings. The molecule has 0 unspecified atom stereocenters. The van der Waals surface area contributed by atoms with Crippen LogP contribution in [0.1, 0.15) is 62.1 Å². The Morgan fingerprint density at radius 1 is 0.889 bits per heavy atom. The molecular weight excluding hydrogens is 448 g/mol. The van der Waals surface area contributed by atoms with Crippen LogP contribution in [0, 0.1) is 0 Å². The Labute approximate surface area is 213 Å². The second-order valence-corrected chi connectivity index (χ2v) is 9.17. The fourth-order valence-corrected chi connectivity index (χ4v) is 4.70. The molecule has 5 rings (SSSR count). The zero-order chi connectivity index (χ0) is 25.4. The third-order valence-corrected chi connectivity index (χ3v) is 6.62. The van der Waals surface area contributed by atoms with Crippen LogP contribution < -0.4 is 11.1 Å². The van der Waals surface area contributed by atoms with Gasteiger partial charge >= 0.3 is 0 Å². The topological polar surface area (TPSA) is 87.8 Å². The summed E-state index contributed by atoms with van der Waals surface area (Å²) >= 11 is 0. The first kappa shape index (κ1) is 25.2. The highest BCUT2D eigenvalue weighted by Crippen LogP contribution is 2.40. The van der Waals surface area contributed by atoms with Gasteiger partial charge in [0.05, 0.1) is 6.54 Å². The van der Waals surface area contributed by atoms with Gasteiger partial charge in [0.15, 0.2) is 11.5 Å². The molecule has 36 heavy (non-hydrogen) atoms. The van der Waals surface area contributed by atoms with E-state index in [9.17, 15) is 9.59 Å². The highest BCUT2D eigenvalue weighted by molar-refractivity contribution is 6.09. The first-order valence-corrected chi connectivity index (χ1v) is 12.7. The van der Waals surface area contributed by atoms with Gasteiger partial charge in [0.1, 0.15) is 0 Å². The van der Waals surface area contributed by atoms with Crippen LogP contribution >= 0.6 is 0 Å². The summed E-state index contributed by atoms with van der Waals surface area (Å²) in [6.07, 6.45) is 7.89. The van der Waals surface area contributed by atoms with Gasteiger partial charge in [-0.3, -0.25) is 14.5 Å². The number of amides is 2. The lowest BCUT2D eigenvalue weighted by molar-refractivity contribution is -0.130. The summed E-state index contributed by atoms with van der Waals surface area (Å²) < 4.78 is 0. The molecule has 3 aromatic carbocycles. The predicted octanol–water partition coefficient (Wildman–Crippen LogP) is 5.59. The van der Waals surface area contributed by atoms with Crippen LogP contribution in [0.2, 0.25) is 0 Å². The maximum Gasteiger partial charge on any atom is 0.266 e. The van der Waals surface area contributed by atoms with Gasteiger partial charge in [-0.05, 0) is 28.8 Å². The van der Waals surface area contributed by atoms with Crippen molar-refractivity contribution in [2.75, 3.05) is 5.32 Å². The van der Waals surface area contributed by atoms with Crippen molar-refractivity contribution in [2.45, 2.75) is 57.5 Å². The molecule has 1 aliphatic heterocycles. The van der Waals surface area contributed by atoms with Crippen molar-refractivity contribution in [1.29, 1.82) is 0 Å². The smallest absolute Gasteiger partial charge is 0.266 e. The average Bonchev–Trinajstić information content (AvgIpc) is 3.58. The van der Waals surface area contributed by atoms with E-state index in [4.69, 9.17) is 10.7 Å². The number of benzene rings is 3. The molecule has 0 atom stereocenters. The lowest BCUT2D eigenvalue weighted by Gasteiger charge is -2.27. The number of carbonyl (C=O) groups excluding carboxylic acids is 2. The molecule has 2 amide bonds. The van der Waals surface area contributed by atoms with E-state index in [-0.39, 0.29) is 24.3 Å². The van der Waals surface area contributed by atoms with Crippen LogP contribution in [0.25, 0.3) is 0 Å². The van der Waals surface area contributed by atoms with Crippen LogP contribution in [0.5, 0.6) is 0 Å². The number of anilines is 1. The third kappa shape index (κ3) is 5.48. The van der Waals surface area contributed by atoms with Crippen molar-refractivity contribution in [3.63, 3.8) is 0 Å². The summed E-state index contributed by atoms with van der Waals surface area (Å²) in [5, 5.41) is 2.84. The lowest BCUT2D eigenvalue weighted by atomic mass is 9.83. The van der Waals surface area contributed by atoms with Crippen molar-refractivity contribution in [2.24, 2.45) is 10.7 Å². The van der Waals surface area contributed by atoms with E-state index in [1.54, 1.807) is 6.92 Å². The Morgan fingerprint density at radius 2 is 1.44 bits per heavy atom. The van der Waals surface area contributed by atoms with Gasteiger partial charge in [0.25, 0.3) is 5.91 Å². The van der Waals surface area contributed by atoms with Crippen LogP contribution in [0.15, 0.2) is 89.9 Å². The van der Waals surface area contributed by atoms with E-state index in [0.717, 1.165) is 16.7 Å². The molecule has 1 heterocycles. The van der Waals surface area contributed by atoms with E-state index in [1.165, 1.54) is 37.0 Å². The number of nitrogens with zero attached hydrogens (tertiary/aromatic N) is 2. The summed E-state index contributed by atoms with van der Waals surface area (Å²) in [7, 11) is 0. The molecule has 186 valence electrons. The monoisotopic (exact) mass is 482 g/mol. The standard InChI is InChI=1S/C25H24N4O2.C5H10/c1-2-22(30)27-21-15-9-10-18(16-21)17-29-23(31)25(28-24(29)26,19-11-5-3-6-12-19)20-13-7-4-8-14-20;1-2-4-5-3-1/h3-16H,2,17H2,1H3,(H2,26,28)(H,27,30);1-5H2. The summed E-state index contributed by atoms with van der Waals surface area (Å²) in [6, 6.07) is 26.4. The van der Waals surface area contributed by atoms with Crippen LogP contribution in [0.3, 0.4) is 0 Å². The zero-order valence-electron chi connectivity index (χ0n) is 20.8. The molecule has 0 bridgehead atoms. The van der Waals surface area contributed by atoms with E-state index < -0.39 is 5.54 Å². The quantitative estimate of drug-likeness (QED) is 0.480. The summed E-state index contributed by atoms with van der Waals surface area (Å²) in [5.41, 5.74) is 8.13. The first-order chi connectivity index (χ1) is 17.5. The SMILES string of the molecule is C1CCCC1.CCC(=O)Nc1cccc(CN2C(=O)C(c3ccccc3)(c3ccccc3)N=C2N)c1. The normalized spacial score (nSPS) is 16.2. The van der Waals surface area contributed by atoms with E-state index in [0.29, 0.717) is 12.1 Å². The minimum Gasteiger partial charge on any atom is -0.369 e. The Morgan fingerprint density at radius 3 is 1.97 bits per heavy atom. The van der Waals surface area contributed by atoms with E-state index >= 15 is 0 Å². The number of rotatable bonds is 6. The molecule has 0 radical (unpaired) electrons. The highest BCUT2D eigenvalue weighted by Gasteiger charge is 2.50. The second-order valence-electron chi connectivity index (χ2n) is 9.17. The van der Waals surface area contributed by atoms with Crippen molar-refractivity contribution in [3.8, 4) is 0 Å². The number of hydrogen-bond donors (Lipinski definition) is 2. The summed E-state index contributed by atoms with van der Waals surface area (Å²) in [5.74, 6) is -0.103. The minimum absolute atomic E-state index is 0.0670. The fourth-order valence-electron chi connectivity index (χ4n) is 4.70. The number of hydrogen-bond acceptors (Lipinski definition) is 4. The average molecular weight is 483 g/mol. The molecule has 0 saturated heterocycles. The molecule has 1 fully saturated rings. The fraction of sp³-hybridized carbons (Fsp3) is 0.300. The molecule has 1 saturated carbocycles. The summed E-state index contributed by atoms with van der Waals surface area (Å²) in [4.78, 5) is 31.7. The lowest BCUT2D eigenvalue weighted by Crippen LogP contribution is -2.43. The maximum absolute atomic E-state index is 13.8. The Balaban J connectivity index is 0.000000543. The summed E-state index contributed by atoms with van der Waals surface area (Å²) in [6.45, 7) is 2.05. The Bertz CT molecular complexity index is 1160. The van der Waals surface area contributed by atoms with Gasteiger partial charge in [-0.1, -0.05) is 112 Å². The largest absolute Gasteiger partial charge is 0.369 e. The predicted molar refractivity (Wildman–Crippen MR) is 144 cm³/mol. The molecule has 1 aliphatic carbocycles. The van der Waals surface area contributed by atoms with Gasteiger partial charge in [-0.15, -0.1) is 0 Å². The third-order valence-electron chi connectivity index (χ3n) is 6.62. The number of carbonyl (C=O) groups is 2. The van der Waals surface area contributed by atoms with Gasteiger partial charge in [-0.25, -0.2) is 4.99 Å².